The van der Waals surface area contributed by atoms with Crippen LogP contribution in [0.1, 0.15) is 5.56 Å². The molecular weight excluding hydrogens is 252 g/mol. The predicted octanol–water partition coefficient (Wildman–Crippen LogP) is 2.91. The Kier molecular flexibility index (Phi) is 3.56. The van der Waals surface area contributed by atoms with Crippen LogP contribution >= 0.6 is 12.6 Å². The topological polar surface area (TPSA) is 8.81 Å². The van der Waals surface area contributed by atoms with Gasteiger partial charge in [-0.25, -0.2) is 9.13 Å². The van der Waals surface area contributed by atoms with Crippen LogP contribution in [0.15, 0.2) is 60.9 Å². The first-order valence-corrected chi connectivity index (χ1v) is 7.14. The molecule has 3 aromatic rings. The van der Waals surface area contributed by atoms with Crippen molar-refractivity contribution < 1.29 is 4.57 Å². The molecule has 0 spiro atoms. The molecule has 1 aromatic heterocycles. The largest absolute Gasteiger partial charge is 0.245 e. The zero-order valence-electron chi connectivity index (χ0n) is 10.7. The second kappa shape index (κ2) is 5.49. The highest BCUT2D eigenvalue weighted by atomic mass is 32.1. The van der Waals surface area contributed by atoms with Crippen molar-refractivity contribution in [1.82, 2.24) is 4.57 Å². The molecule has 0 unspecified atom stereocenters. The van der Waals surface area contributed by atoms with Crippen molar-refractivity contribution in [2.45, 2.75) is 13.1 Å². The third-order valence-electron chi connectivity index (χ3n) is 3.32. The summed E-state index contributed by atoms with van der Waals surface area (Å²) in [5.74, 6) is 0.851. The third kappa shape index (κ3) is 2.51. The summed E-state index contributed by atoms with van der Waals surface area (Å²) in [6, 6.07) is 19.1. The number of aromatic nitrogens is 2. The highest BCUT2D eigenvalue weighted by Gasteiger charge is 2.14. The predicted molar refractivity (Wildman–Crippen MR) is 81.5 cm³/mol. The van der Waals surface area contributed by atoms with Gasteiger partial charge in [0.1, 0.15) is 6.54 Å². The lowest BCUT2D eigenvalue weighted by Crippen LogP contribution is -2.32. The minimum atomic E-state index is 0.851. The Morgan fingerprint density at radius 2 is 1.68 bits per heavy atom. The first-order valence-electron chi connectivity index (χ1n) is 6.50. The van der Waals surface area contributed by atoms with E-state index in [1.54, 1.807) is 0 Å². The summed E-state index contributed by atoms with van der Waals surface area (Å²) >= 11 is 4.34. The zero-order chi connectivity index (χ0) is 13.1. The van der Waals surface area contributed by atoms with Crippen molar-refractivity contribution in [3.63, 3.8) is 0 Å². The summed E-state index contributed by atoms with van der Waals surface area (Å²) in [5, 5.41) is 0. The third-order valence-corrected chi connectivity index (χ3v) is 3.52. The molecule has 2 aromatic carbocycles. The van der Waals surface area contributed by atoms with Crippen molar-refractivity contribution in [2.24, 2.45) is 0 Å². The van der Waals surface area contributed by atoms with Gasteiger partial charge < -0.3 is 0 Å². The van der Waals surface area contributed by atoms with Crippen LogP contribution in [0.25, 0.3) is 11.0 Å². The number of rotatable bonds is 4. The molecule has 0 radical (unpaired) electrons. The molecule has 2 nitrogen and oxygen atoms in total. The average molecular weight is 269 g/mol. The van der Waals surface area contributed by atoms with Crippen LogP contribution < -0.4 is 4.57 Å². The highest BCUT2D eigenvalue weighted by molar-refractivity contribution is 7.80. The molecular formula is C16H17N2S+. The minimum Gasteiger partial charge on any atom is -0.229 e. The van der Waals surface area contributed by atoms with Crippen LogP contribution in [0.4, 0.5) is 0 Å². The quantitative estimate of drug-likeness (QED) is 0.551. The molecule has 0 amide bonds. The van der Waals surface area contributed by atoms with Crippen molar-refractivity contribution in [1.29, 1.82) is 0 Å². The van der Waals surface area contributed by atoms with Crippen molar-refractivity contribution in [2.75, 3.05) is 5.75 Å². The molecule has 96 valence electrons. The Morgan fingerprint density at radius 3 is 2.47 bits per heavy atom. The van der Waals surface area contributed by atoms with Crippen molar-refractivity contribution in [3.8, 4) is 0 Å². The van der Waals surface area contributed by atoms with Crippen molar-refractivity contribution >= 4 is 23.7 Å². The second-order valence-corrected chi connectivity index (χ2v) is 5.08. The number of hydrogen-bond acceptors (Lipinski definition) is 1. The Bertz CT molecular complexity index is 674. The van der Waals surface area contributed by atoms with Gasteiger partial charge in [-0.2, -0.15) is 12.6 Å². The maximum absolute atomic E-state index is 4.34. The van der Waals surface area contributed by atoms with Gasteiger partial charge >= 0.3 is 0 Å². The number of fused-ring (bicyclic) bond motifs is 1. The molecule has 0 bridgehead atoms. The van der Waals surface area contributed by atoms with E-state index < -0.39 is 0 Å². The number of aryl methyl sites for hydroxylation is 1. The van der Waals surface area contributed by atoms with Gasteiger partial charge in [0.05, 0.1) is 6.54 Å². The van der Waals surface area contributed by atoms with Crippen LogP contribution in [0, 0.1) is 0 Å². The van der Waals surface area contributed by atoms with E-state index in [0.717, 1.165) is 18.8 Å². The van der Waals surface area contributed by atoms with E-state index in [9.17, 15) is 0 Å². The summed E-state index contributed by atoms with van der Waals surface area (Å²) in [4.78, 5) is 0. The van der Waals surface area contributed by atoms with Gasteiger partial charge in [-0.3, -0.25) is 0 Å². The summed E-state index contributed by atoms with van der Waals surface area (Å²) in [7, 11) is 0. The molecule has 3 rings (SSSR count). The minimum absolute atomic E-state index is 0.851. The molecule has 0 N–H and O–H groups in total. The first-order chi connectivity index (χ1) is 9.38. The van der Waals surface area contributed by atoms with Gasteiger partial charge in [-0.15, -0.1) is 0 Å². The molecule has 19 heavy (non-hydrogen) atoms. The summed E-state index contributed by atoms with van der Waals surface area (Å²) in [6.07, 6.45) is 2.19. The van der Waals surface area contributed by atoms with Gasteiger partial charge in [0.2, 0.25) is 6.33 Å². The van der Waals surface area contributed by atoms with Gasteiger partial charge in [-0.05, 0) is 17.7 Å². The number of benzene rings is 2. The second-order valence-electron chi connectivity index (χ2n) is 4.63. The Morgan fingerprint density at radius 1 is 0.947 bits per heavy atom. The fraction of sp³-hybridized carbons (Fsp3) is 0.188. The summed E-state index contributed by atoms with van der Waals surface area (Å²) in [5.41, 5.74) is 3.86. The number of thiol groups is 1. The average Bonchev–Trinajstić information content (AvgIpc) is 2.79. The maximum atomic E-state index is 4.34. The van der Waals surface area contributed by atoms with E-state index in [4.69, 9.17) is 0 Å². The monoisotopic (exact) mass is 269 g/mol. The van der Waals surface area contributed by atoms with E-state index in [2.05, 4.69) is 82.7 Å². The normalized spacial score (nSPS) is 11.0. The lowest BCUT2D eigenvalue weighted by molar-refractivity contribution is -0.663. The molecule has 0 atom stereocenters. The Labute approximate surface area is 118 Å². The molecule has 0 fully saturated rings. The summed E-state index contributed by atoms with van der Waals surface area (Å²) in [6.45, 7) is 1.84. The molecule has 3 heteroatoms. The van der Waals surface area contributed by atoms with Gasteiger partial charge in [0.25, 0.3) is 0 Å². The number of nitrogens with zero attached hydrogens (tertiary/aromatic N) is 2. The molecule has 0 aliphatic rings. The number of hydrogen-bond donors (Lipinski definition) is 1. The SMILES string of the molecule is SCCn1c[n+](Cc2ccccc2)c2ccccc21. The number of imidazole rings is 1. The van der Waals surface area contributed by atoms with Gasteiger partial charge in [0, 0.05) is 5.75 Å². The highest BCUT2D eigenvalue weighted by Crippen LogP contribution is 2.11. The van der Waals surface area contributed by atoms with E-state index in [-0.39, 0.29) is 0 Å². The van der Waals surface area contributed by atoms with Crippen LogP contribution in [-0.2, 0) is 13.1 Å². The van der Waals surface area contributed by atoms with Crippen LogP contribution in [0.3, 0.4) is 0 Å². The molecule has 0 saturated heterocycles. The van der Waals surface area contributed by atoms with E-state index in [0.29, 0.717) is 0 Å². The molecule has 0 aliphatic carbocycles. The van der Waals surface area contributed by atoms with Crippen LogP contribution in [0.2, 0.25) is 0 Å². The fourth-order valence-electron chi connectivity index (χ4n) is 2.43. The smallest absolute Gasteiger partial charge is 0.229 e. The Hall–Kier alpha value is -1.74. The zero-order valence-corrected chi connectivity index (χ0v) is 11.6. The van der Waals surface area contributed by atoms with Crippen LogP contribution in [0.5, 0.6) is 0 Å². The van der Waals surface area contributed by atoms with E-state index >= 15 is 0 Å². The lowest BCUT2D eigenvalue weighted by atomic mass is 10.2. The van der Waals surface area contributed by atoms with E-state index in [1.807, 2.05) is 0 Å². The van der Waals surface area contributed by atoms with Crippen molar-refractivity contribution in [3.05, 3.63) is 66.5 Å². The van der Waals surface area contributed by atoms with E-state index in [1.165, 1.54) is 16.6 Å². The van der Waals surface area contributed by atoms with Crippen LogP contribution in [-0.4, -0.2) is 10.3 Å². The molecule has 1 heterocycles. The fourth-order valence-corrected chi connectivity index (χ4v) is 2.65. The summed E-state index contributed by atoms with van der Waals surface area (Å²) < 4.78 is 4.57. The first kappa shape index (κ1) is 12.3. The molecule has 0 aliphatic heterocycles. The maximum Gasteiger partial charge on any atom is 0.245 e. The Balaban J connectivity index is 2.03. The lowest BCUT2D eigenvalue weighted by Gasteiger charge is -1.97. The van der Waals surface area contributed by atoms with Gasteiger partial charge in [-0.1, -0.05) is 42.5 Å². The number of para-hydroxylation sites is 2. The standard InChI is InChI=1S/C16H16N2S/c19-11-10-17-13-18(12-14-6-2-1-3-7-14)16-9-5-4-8-15(16)17/h1-9,13H,10-12H2/p+1. The molecule has 0 saturated carbocycles. The van der Waals surface area contributed by atoms with Gasteiger partial charge in [0.15, 0.2) is 11.0 Å².